The number of carbonyl (C=O) groups is 3. The van der Waals surface area contributed by atoms with E-state index in [1.807, 2.05) is 0 Å². The second kappa shape index (κ2) is 7.97. The number of hydrogen-bond donors (Lipinski definition) is 1. The van der Waals surface area contributed by atoms with Gasteiger partial charge in [0.2, 0.25) is 0 Å². The van der Waals surface area contributed by atoms with Crippen LogP contribution in [0.15, 0.2) is 24.3 Å². The summed E-state index contributed by atoms with van der Waals surface area (Å²) < 4.78 is 4.96. The van der Waals surface area contributed by atoms with E-state index in [9.17, 15) is 14.4 Å². The normalized spacial score (nSPS) is 15.1. The summed E-state index contributed by atoms with van der Waals surface area (Å²) in [6.07, 6.45) is 1.07. The third kappa shape index (κ3) is 4.69. The molecule has 0 spiro atoms. The number of halogens is 1. The number of hydrogen-bond acceptors (Lipinski definition) is 4. The van der Waals surface area contributed by atoms with Crippen molar-refractivity contribution in [1.29, 1.82) is 0 Å². The fourth-order valence-corrected chi connectivity index (χ4v) is 2.55. The Hall–Kier alpha value is -2.08. The summed E-state index contributed by atoms with van der Waals surface area (Å²) in [6, 6.07) is 6.73. The van der Waals surface area contributed by atoms with E-state index in [1.54, 1.807) is 29.2 Å². The molecule has 1 saturated heterocycles. The topological polar surface area (TPSA) is 75.7 Å². The van der Waals surface area contributed by atoms with Crippen molar-refractivity contribution in [2.75, 3.05) is 26.7 Å². The van der Waals surface area contributed by atoms with E-state index in [0.29, 0.717) is 36.5 Å². The number of esters is 1. The molecule has 1 heterocycles. The Balaban J connectivity index is 1.83. The summed E-state index contributed by atoms with van der Waals surface area (Å²) in [5, 5.41) is 2.97. The quantitative estimate of drug-likeness (QED) is 0.844. The van der Waals surface area contributed by atoms with Crippen molar-refractivity contribution in [3.05, 3.63) is 34.9 Å². The van der Waals surface area contributed by atoms with Crippen LogP contribution >= 0.6 is 11.6 Å². The van der Waals surface area contributed by atoms with Gasteiger partial charge in [0.15, 0.2) is 6.61 Å². The third-order valence-corrected chi connectivity index (χ3v) is 4.08. The Morgan fingerprint density at radius 1 is 1.22 bits per heavy atom. The number of amides is 2. The second-order valence-electron chi connectivity index (χ2n) is 5.35. The molecule has 0 unspecified atom stereocenters. The largest absolute Gasteiger partial charge is 0.455 e. The smallest absolute Gasteiger partial charge is 0.309 e. The molecule has 6 nitrogen and oxygen atoms in total. The summed E-state index contributed by atoms with van der Waals surface area (Å²) in [7, 11) is 1.48. The summed E-state index contributed by atoms with van der Waals surface area (Å²) >= 11 is 5.81. The van der Waals surface area contributed by atoms with Crippen molar-refractivity contribution in [2.24, 2.45) is 5.92 Å². The number of ether oxygens (including phenoxy) is 1. The molecule has 1 aromatic rings. The zero-order valence-corrected chi connectivity index (χ0v) is 13.6. The Labute approximate surface area is 139 Å². The second-order valence-corrected chi connectivity index (χ2v) is 5.79. The Kier molecular flexibility index (Phi) is 5.98. The fraction of sp³-hybridized carbons (Fsp3) is 0.438. The van der Waals surface area contributed by atoms with Crippen LogP contribution in [0.5, 0.6) is 0 Å². The zero-order chi connectivity index (χ0) is 16.8. The highest BCUT2D eigenvalue weighted by atomic mass is 35.5. The van der Waals surface area contributed by atoms with Crippen LogP contribution < -0.4 is 5.32 Å². The number of likely N-dealkylation sites (N-methyl/N-ethyl adjacent to an activating group) is 1. The minimum absolute atomic E-state index is 0.0705. The van der Waals surface area contributed by atoms with Gasteiger partial charge in [0.1, 0.15) is 0 Å². The van der Waals surface area contributed by atoms with Gasteiger partial charge in [-0.05, 0) is 37.1 Å². The number of carbonyl (C=O) groups excluding carboxylic acids is 3. The molecule has 0 aliphatic carbocycles. The van der Waals surface area contributed by atoms with Gasteiger partial charge in [-0.3, -0.25) is 14.4 Å². The Bertz CT molecular complexity index is 580. The van der Waals surface area contributed by atoms with Gasteiger partial charge < -0.3 is 15.0 Å². The number of piperidine rings is 1. The van der Waals surface area contributed by atoms with E-state index in [2.05, 4.69) is 5.32 Å². The molecule has 1 fully saturated rings. The van der Waals surface area contributed by atoms with Crippen LogP contribution in [-0.4, -0.2) is 49.4 Å². The van der Waals surface area contributed by atoms with Crippen LogP contribution in [0, 0.1) is 5.92 Å². The molecule has 1 aliphatic heterocycles. The third-order valence-electron chi connectivity index (χ3n) is 3.83. The van der Waals surface area contributed by atoms with Gasteiger partial charge in [-0.1, -0.05) is 11.6 Å². The maximum atomic E-state index is 12.4. The van der Waals surface area contributed by atoms with Crippen LogP contribution in [0.4, 0.5) is 0 Å². The molecule has 0 radical (unpaired) electrons. The number of nitrogens with one attached hydrogen (secondary N) is 1. The van der Waals surface area contributed by atoms with E-state index >= 15 is 0 Å². The van der Waals surface area contributed by atoms with Crippen molar-refractivity contribution in [2.45, 2.75) is 12.8 Å². The van der Waals surface area contributed by atoms with E-state index in [4.69, 9.17) is 16.3 Å². The molecular formula is C16H19ClN2O4. The van der Waals surface area contributed by atoms with Gasteiger partial charge >= 0.3 is 5.97 Å². The maximum Gasteiger partial charge on any atom is 0.309 e. The minimum Gasteiger partial charge on any atom is -0.455 e. The predicted octanol–water partition coefficient (Wildman–Crippen LogP) is 1.48. The van der Waals surface area contributed by atoms with Gasteiger partial charge in [0.05, 0.1) is 5.92 Å². The molecule has 2 amide bonds. The molecule has 7 heteroatoms. The van der Waals surface area contributed by atoms with Gasteiger partial charge in [0, 0.05) is 30.7 Å². The van der Waals surface area contributed by atoms with Crippen molar-refractivity contribution < 1.29 is 19.1 Å². The fourth-order valence-electron chi connectivity index (χ4n) is 2.42. The molecular weight excluding hydrogens is 320 g/mol. The first kappa shape index (κ1) is 17.3. The van der Waals surface area contributed by atoms with Crippen molar-refractivity contribution in [3.63, 3.8) is 0 Å². The molecule has 2 rings (SSSR count). The SMILES string of the molecule is CNC(=O)COC(=O)C1CCN(C(=O)c2ccc(Cl)cc2)CC1. The highest BCUT2D eigenvalue weighted by Gasteiger charge is 2.29. The van der Waals surface area contributed by atoms with Crippen LogP contribution in [0.3, 0.4) is 0 Å². The van der Waals surface area contributed by atoms with E-state index in [-0.39, 0.29) is 30.3 Å². The molecule has 1 aliphatic rings. The molecule has 0 atom stereocenters. The van der Waals surface area contributed by atoms with Gasteiger partial charge in [-0.15, -0.1) is 0 Å². The standard InChI is InChI=1S/C16H19ClN2O4/c1-18-14(20)10-23-16(22)12-6-8-19(9-7-12)15(21)11-2-4-13(17)5-3-11/h2-5,12H,6-10H2,1H3,(H,18,20). The average Bonchev–Trinajstić information content (AvgIpc) is 2.59. The Morgan fingerprint density at radius 2 is 1.83 bits per heavy atom. The minimum atomic E-state index is -0.382. The van der Waals surface area contributed by atoms with Gasteiger partial charge in [-0.25, -0.2) is 0 Å². The molecule has 1 N–H and O–H groups in total. The summed E-state index contributed by atoms with van der Waals surface area (Å²) in [5.74, 6) is -1.06. The number of rotatable bonds is 4. The average molecular weight is 339 g/mol. The summed E-state index contributed by atoms with van der Waals surface area (Å²) in [4.78, 5) is 37.0. The van der Waals surface area contributed by atoms with Crippen LogP contribution in [0.25, 0.3) is 0 Å². The first-order chi connectivity index (χ1) is 11.0. The number of nitrogens with zero attached hydrogens (tertiary/aromatic N) is 1. The lowest BCUT2D eigenvalue weighted by atomic mass is 9.96. The predicted molar refractivity (Wildman–Crippen MR) is 85.1 cm³/mol. The molecule has 23 heavy (non-hydrogen) atoms. The van der Waals surface area contributed by atoms with E-state index in [1.165, 1.54) is 7.05 Å². The molecule has 124 valence electrons. The highest BCUT2D eigenvalue weighted by molar-refractivity contribution is 6.30. The van der Waals surface area contributed by atoms with Crippen LogP contribution in [0.2, 0.25) is 5.02 Å². The number of benzene rings is 1. The maximum absolute atomic E-state index is 12.4. The van der Waals surface area contributed by atoms with Gasteiger partial charge in [0.25, 0.3) is 11.8 Å². The van der Waals surface area contributed by atoms with Crippen molar-refractivity contribution >= 4 is 29.4 Å². The van der Waals surface area contributed by atoms with Crippen LogP contribution in [0.1, 0.15) is 23.2 Å². The molecule has 0 saturated carbocycles. The first-order valence-electron chi connectivity index (χ1n) is 7.43. The first-order valence-corrected chi connectivity index (χ1v) is 7.81. The molecule has 1 aromatic carbocycles. The number of likely N-dealkylation sites (tertiary alicyclic amines) is 1. The van der Waals surface area contributed by atoms with Crippen molar-refractivity contribution in [1.82, 2.24) is 10.2 Å². The summed E-state index contributed by atoms with van der Waals surface area (Å²) in [6.45, 7) is 0.710. The van der Waals surface area contributed by atoms with Gasteiger partial charge in [-0.2, -0.15) is 0 Å². The Morgan fingerprint density at radius 3 is 2.39 bits per heavy atom. The molecule has 0 aromatic heterocycles. The lowest BCUT2D eigenvalue weighted by Crippen LogP contribution is -2.41. The van der Waals surface area contributed by atoms with E-state index in [0.717, 1.165) is 0 Å². The lowest BCUT2D eigenvalue weighted by molar-refractivity contribution is -0.153. The van der Waals surface area contributed by atoms with E-state index < -0.39 is 0 Å². The monoisotopic (exact) mass is 338 g/mol. The van der Waals surface area contributed by atoms with Crippen LogP contribution in [-0.2, 0) is 14.3 Å². The lowest BCUT2D eigenvalue weighted by Gasteiger charge is -2.31. The van der Waals surface area contributed by atoms with Crippen molar-refractivity contribution in [3.8, 4) is 0 Å². The zero-order valence-electron chi connectivity index (χ0n) is 12.9. The highest BCUT2D eigenvalue weighted by Crippen LogP contribution is 2.21. The summed E-state index contributed by atoms with van der Waals surface area (Å²) in [5.41, 5.74) is 0.579. The molecule has 0 bridgehead atoms.